The fourth-order valence-corrected chi connectivity index (χ4v) is 1.55. The van der Waals surface area contributed by atoms with E-state index in [1.807, 2.05) is 5.01 Å². The van der Waals surface area contributed by atoms with Gasteiger partial charge >= 0.3 is 5.97 Å². The maximum Gasteiger partial charge on any atom is 0.336 e. The summed E-state index contributed by atoms with van der Waals surface area (Å²) >= 11 is 0. The molecule has 3 N–H and O–H groups in total. The van der Waals surface area contributed by atoms with Gasteiger partial charge in [-0.1, -0.05) is 0 Å². The van der Waals surface area contributed by atoms with Crippen LogP contribution in [0.15, 0.2) is 11.8 Å². The number of hydrazine groups is 1. The molecule has 0 aromatic rings. The Balaban J connectivity index is 2.13. The summed E-state index contributed by atoms with van der Waals surface area (Å²) in [7, 11) is 0. The molecule has 2 aliphatic heterocycles. The first-order valence-corrected chi connectivity index (χ1v) is 3.98. The number of fused-ring (bicyclic) bond motifs is 1. The molecule has 2 aliphatic rings. The summed E-state index contributed by atoms with van der Waals surface area (Å²) < 4.78 is 0. The first kappa shape index (κ1) is 7.57. The maximum absolute atomic E-state index is 10.7. The van der Waals surface area contributed by atoms with Gasteiger partial charge in [0, 0.05) is 12.7 Å². The number of nitrogens with zero attached hydrogens (tertiary/aromatic N) is 1. The molecule has 5 heteroatoms. The number of carboxylic acid groups (broad SMARTS) is 1. The maximum atomic E-state index is 10.7. The monoisotopic (exact) mass is 169 g/mol. The topological polar surface area (TPSA) is 64.6 Å². The molecule has 1 saturated heterocycles. The molecule has 1 unspecified atom stereocenters. The van der Waals surface area contributed by atoms with Crippen molar-refractivity contribution in [3.63, 3.8) is 0 Å². The number of carbonyl (C=O) groups is 1. The normalized spacial score (nSPS) is 29.0. The molecule has 0 saturated carbocycles. The van der Waals surface area contributed by atoms with E-state index in [1.54, 1.807) is 6.20 Å². The van der Waals surface area contributed by atoms with Crippen LogP contribution in [0.5, 0.6) is 0 Å². The summed E-state index contributed by atoms with van der Waals surface area (Å²) in [6.45, 7) is 1.78. The van der Waals surface area contributed by atoms with Crippen LogP contribution in [0.3, 0.4) is 0 Å². The van der Waals surface area contributed by atoms with E-state index in [-0.39, 0.29) is 6.17 Å². The predicted molar refractivity (Wildman–Crippen MR) is 42.0 cm³/mol. The van der Waals surface area contributed by atoms with Crippen LogP contribution in [0.2, 0.25) is 0 Å². The highest BCUT2D eigenvalue weighted by atomic mass is 16.4. The predicted octanol–water partition coefficient (Wildman–Crippen LogP) is -0.905. The Morgan fingerprint density at radius 1 is 1.75 bits per heavy atom. The van der Waals surface area contributed by atoms with E-state index < -0.39 is 5.97 Å². The highest BCUT2D eigenvalue weighted by Crippen LogP contribution is 2.15. The van der Waals surface area contributed by atoms with Gasteiger partial charge in [-0.15, -0.1) is 0 Å². The highest BCUT2D eigenvalue weighted by Gasteiger charge is 2.32. The van der Waals surface area contributed by atoms with Gasteiger partial charge in [0.25, 0.3) is 0 Å². The SMILES string of the molecule is O=C(O)C1=CNN2CCCNC12. The average Bonchev–Trinajstić information content (AvgIpc) is 2.47. The van der Waals surface area contributed by atoms with Crippen molar-refractivity contribution in [2.45, 2.75) is 12.6 Å². The molecule has 0 aromatic carbocycles. The van der Waals surface area contributed by atoms with Crippen LogP contribution < -0.4 is 10.7 Å². The molecule has 12 heavy (non-hydrogen) atoms. The molecule has 5 nitrogen and oxygen atoms in total. The quantitative estimate of drug-likeness (QED) is 0.474. The number of hydrogen-bond acceptors (Lipinski definition) is 4. The van der Waals surface area contributed by atoms with Crippen LogP contribution in [0.25, 0.3) is 0 Å². The fraction of sp³-hybridized carbons (Fsp3) is 0.571. The third kappa shape index (κ3) is 1.07. The molecule has 0 radical (unpaired) electrons. The van der Waals surface area contributed by atoms with Gasteiger partial charge in [0.05, 0.1) is 5.57 Å². The van der Waals surface area contributed by atoms with Gasteiger partial charge in [0.1, 0.15) is 6.17 Å². The first-order valence-electron chi connectivity index (χ1n) is 3.98. The highest BCUT2D eigenvalue weighted by molar-refractivity contribution is 5.88. The van der Waals surface area contributed by atoms with E-state index in [4.69, 9.17) is 5.11 Å². The van der Waals surface area contributed by atoms with Crippen molar-refractivity contribution < 1.29 is 9.90 Å². The second kappa shape index (κ2) is 2.76. The molecule has 0 aromatic heterocycles. The van der Waals surface area contributed by atoms with Gasteiger partial charge < -0.3 is 10.5 Å². The minimum Gasteiger partial charge on any atom is -0.478 e. The van der Waals surface area contributed by atoms with Crippen molar-refractivity contribution >= 4 is 5.97 Å². The Morgan fingerprint density at radius 3 is 3.33 bits per heavy atom. The van der Waals surface area contributed by atoms with Crippen LogP contribution in [0.4, 0.5) is 0 Å². The number of nitrogens with one attached hydrogen (secondary N) is 2. The van der Waals surface area contributed by atoms with E-state index in [9.17, 15) is 4.79 Å². The van der Waals surface area contributed by atoms with E-state index in [2.05, 4.69) is 10.7 Å². The number of hydrogen-bond donors (Lipinski definition) is 3. The Bertz CT molecular complexity index is 239. The summed E-state index contributed by atoms with van der Waals surface area (Å²) in [5.74, 6) is -0.857. The van der Waals surface area contributed by atoms with Crippen LogP contribution in [-0.2, 0) is 4.79 Å². The Labute approximate surface area is 70.0 Å². The van der Waals surface area contributed by atoms with E-state index in [0.717, 1.165) is 19.5 Å². The van der Waals surface area contributed by atoms with Crippen molar-refractivity contribution in [2.24, 2.45) is 0 Å². The van der Waals surface area contributed by atoms with E-state index >= 15 is 0 Å². The summed E-state index contributed by atoms with van der Waals surface area (Å²) in [4.78, 5) is 10.7. The van der Waals surface area contributed by atoms with Gasteiger partial charge in [0.2, 0.25) is 0 Å². The third-order valence-electron chi connectivity index (χ3n) is 2.15. The summed E-state index contributed by atoms with van der Waals surface area (Å²) in [6.07, 6.45) is 2.45. The minimum absolute atomic E-state index is 0.142. The van der Waals surface area contributed by atoms with Crippen molar-refractivity contribution in [3.05, 3.63) is 11.8 Å². The second-order valence-electron chi connectivity index (χ2n) is 2.94. The van der Waals surface area contributed by atoms with Gasteiger partial charge in [-0.3, -0.25) is 5.32 Å². The zero-order valence-corrected chi connectivity index (χ0v) is 6.58. The average molecular weight is 169 g/mol. The molecular weight excluding hydrogens is 158 g/mol. The number of rotatable bonds is 1. The fourth-order valence-electron chi connectivity index (χ4n) is 1.55. The second-order valence-corrected chi connectivity index (χ2v) is 2.94. The summed E-state index contributed by atoms with van der Waals surface area (Å²) in [5.41, 5.74) is 3.32. The summed E-state index contributed by atoms with van der Waals surface area (Å²) in [5, 5.41) is 13.8. The standard InChI is InChI=1S/C7H11N3O2/c11-7(12)5-4-9-10-3-1-2-8-6(5)10/h4,6,8-9H,1-3H2,(H,11,12). The molecular formula is C7H11N3O2. The molecule has 2 heterocycles. The third-order valence-corrected chi connectivity index (χ3v) is 2.15. The lowest BCUT2D eigenvalue weighted by Gasteiger charge is -2.30. The zero-order valence-electron chi connectivity index (χ0n) is 6.58. The van der Waals surface area contributed by atoms with Crippen LogP contribution >= 0.6 is 0 Å². The lowest BCUT2D eigenvalue weighted by atomic mass is 10.2. The van der Waals surface area contributed by atoms with Gasteiger partial charge in [-0.05, 0) is 13.0 Å². The Kier molecular flexibility index (Phi) is 1.74. The number of carboxylic acids is 1. The van der Waals surface area contributed by atoms with Gasteiger partial charge in [0.15, 0.2) is 0 Å². The van der Waals surface area contributed by atoms with E-state index in [0.29, 0.717) is 5.57 Å². The number of aliphatic carboxylic acids is 1. The largest absolute Gasteiger partial charge is 0.478 e. The molecule has 2 rings (SSSR count). The lowest BCUT2D eigenvalue weighted by Crippen LogP contribution is -2.53. The van der Waals surface area contributed by atoms with Crippen molar-refractivity contribution in [1.82, 2.24) is 15.8 Å². The molecule has 0 bridgehead atoms. The molecule has 1 atom stereocenters. The Hall–Kier alpha value is -1.07. The van der Waals surface area contributed by atoms with Crippen molar-refractivity contribution in [2.75, 3.05) is 13.1 Å². The van der Waals surface area contributed by atoms with Gasteiger partial charge in [-0.25, -0.2) is 9.80 Å². The zero-order chi connectivity index (χ0) is 8.55. The molecule has 0 amide bonds. The van der Waals surface area contributed by atoms with Crippen molar-refractivity contribution in [1.29, 1.82) is 0 Å². The molecule has 0 spiro atoms. The van der Waals surface area contributed by atoms with Crippen molar-refractivity contribution in [3.8, 4) is 0 Å². The van der Waals surface area contributed by atoms with Crippen LogP contribution in [0, 0.1) is 0 Å². The smallest absolute Gasteiger partial charge is 0.336 e. The lowest BCUT2D eigenvalue weighted by molar-refractivity contribution is -0.133. The van der Waals surface area contributed by atoms with E-state index in [1.165, 1.54) is 0 Å². The molecule has 66 valence electrons. The van der Waals surface area contributed by atoms with Crippen LogP contribution in [-0.4, -0.2) is 35.3 Å². The molecule has 0 aliphatic carbocycles. The molecule has 1 fully saturated rings. The van der Waals surface area contributed by atoms with Gasteiger partial charge in [-0.2, -0.15) is 0 Å². The summed E-state index contributed by atoms with van der Waals surface area (Å²) in [6, 6.07) is 0. The Morgan fingerprint density at radius 2 is 2.58 bits per heavy atom. The van der Waals surface area contributed by atoms with Crippen LogP contribution in [0.1, 0.15) is 6.42 Å². The minimum atomic E-state index is -0.857. The first-order chi connectivity index (χ1) is 5.79.